The van der Waals surface area contributed by atoms with Gasteiger partial charge in [0.2, 0.25) is 0 Å². The second kappa shape index (κ2) is 6.31. The smallest absolute Gasteiger partial charge is 0.0827 e. The molecule has 1 fully saturated rings. The SMILES string of the molecule is Cc1nn(C)cc1N1CCCNC(Cc2ccccc2)C1. The van der Waals surface area contributed by atoms with Crippen molar-refractivity contribution < 1.29 is 0 Å². The van der Waals surface area contributed by atoms with Gasteiger partial charge >= 0.3 is 0 Å². The third-order valence-corrected chi connectivity index (χ3v) is 4.13. The number of hydrogen-bond donors (Lipinski definition) is 1. The molecule has 1 unspecified atom stereocenters. The Kier molecular flexibility index (Phi) is 4.25. The summed E-state index contributed by atoms with van der Waals surface area (Å²) in [6.45, 7) is 5.33. The van der Waals surface area contributed by atoms with Crippen molar-refractivity contribution in [3.8, 4) is 0 Å². The van der Waals surface area contributed by atoms with Crippen LogP contribution in [0.2, 0.25) is 0 Å². The number of nitrogens with zero attached hydrogens (tertiary/aromatic N) is 3. The van der Waals surface area contributed by atoms with Gasteiger partial charge < -0.3 is 10.2 Å². The van der Waals surface area contributed by atoms with Crippen molar-refractivity contribution in [2.75, 3.05) is 24.5 Å². The molecule has 0 spiro atoms. The van der Waals surface area contributed by atoms with E-state index >= 15 is 0 Å². The highest BCUT2D eigenvalue weighted by atomic mass is 15.3. The zero-order chi connectivity index (χ0) is 14.7. The molecule has 112 valence electrons. The Labute approximate surface area is 126 Å². The van der Waals surface area contributed by atoms with Gasteiger partial charge in [-0.2, -0.15) is 5.10 Å². The minimum absolute atomic E-state index is 0.495. The third kappa shape index (κ3) is 3.45. The van der Waals surface area contributed by atoms with E-state index in [1.807, 2.05) is 11.7 Å². The predicted octanol–water partition coefficient (Wildman–Crippen LogP) is 2.14. The average molecular weight is 284 g/mol. The second-order valence-electron chi connectivity index (χ2n) is 5.91. The first-order chi connectivity index (χ1) is 10.2. The fourth-order valence-electron chi connectivity index (χ4n) is 3.15. The highest BCUT2D eigenvalue weighted by molar-refractivity contribution is 5.49. The van der Waals surface area contributed by atoms with E-state index < -0.39 is 0 Å². The van der Waals surface area contributed by atoms with Crippen molar-refractivity contribution in [1.82, 2.24) is 15.1 Å². The van der Waals surface area contributed by atoms with Crippen LogP contribution in [0.15, 0.2) is 36.5 Å². The quantitative estimate of drug-likeness (QED) is 0.937. The molecule has 1 aliphatic rings. The molecule has 0 bridgehead atoms. The standard InChI is InChI=1S/C17H24N4/c1-14-17(13-20(2)19-14)21-10-6-9-18-16(12-21)11-15-7-4-3-5-8-15/h3-5,7-8,13,16,18H,6,9-12H2,1-2H3. The lowest BCUT2D eigenvalue weighted by Gasteiger charge is -2.26. The van der Waals surface area contributed by atoms with Gasteiger partial charge in [0, 0.05) is 32.4 Å². The fraction of sp³-hybridized carbons (Fsp3) is 0.471. The Bertz CT molecular complexity index is 576. The van der Waals surface area contributed by atoms with Crippen LogP contribution in [0.3, 0.4) is 0 Å². The van der Waals surface area contributed by atoms with Crippen LogP contribution in [0.4, 0.5) is 5.69 Å². The molecule has 4 nitrogen and oxygen atoms in total. The van der Waals surface area contributed by atoms with Gasteiger partial charge in [-0.25, -0.2) is 0 Å². The molecule has 21 heavy (non-hydrogen) atoms. The first-order valence-electron chi connectivity index (χ1n) is 7.75. The molecule has 3 rings (SSSR count). The summed E-state index contributed by atoms with van der Waals surface area (Å²) in [4.78, 5) is 2.48. The molecule has 1 atom stereocenters. The number of nitrogens with one attached hydrogen (secondary N) is 1. The molecule has 0 amide bonds. The topological polar surface area (TPSA) is 33.1 Å². The predicted molar refractivity (Wildman–Crippen MR) is 86.7 cm³/mol. The zero-order valence-corrected chi connectivity index (χ0v) is 12.9. The molecule has 1 aromatic heterocycles. The first kappa shape index (κ1) is 14.1. The van der Waals surface area contributed by atoms with Crippen LogP contribution in [0.25, 0.3) is 0 Å². The van der Waals surface area contributed by atoms with Crippen LogP contribution < -0.4 is 10.2 Å². The van der Waals surface area contributed by atoms with Crippen LogP contribution in [-0.2, 0) is 13.5 Å². The van der Waals surface area contributed by atoms with E-state index in [4.69, 9.17) is 0 Å². The molecule has 2 aromatic rings. The fourth-order valence-corrected chi connectivity index (χ4v) is 3.15. The number of hydrogen-bond acceptors (Lipinski definition) is 3. The molecule has 1 aliphatic heterocycles. The van der Waals surface area contributed by atoms with Crippen molar-refractivity contribution >= 4 is 5.69 Å². The van der Waals surface area contributed by atoms with Crippen molar-refractivity contribution in [2.24, 2.45) is 7.05 Å². The highest BCUT2D eigenvalue weighted by Crippen LogP contribution is 2.20. The summed E-state index contributed by atoms with van der Waals surface area (Å²) in [6.07, 6.45) is 4.40. The first-order valence-corrected chi connectivity index (χ1v) is 7.75. The van der Waals surface area contributed by atoms with Gasteiger partial charge in [0.05, 0.1) is 11.4 Å². The van der Waals surface area contributed by atoms with Crippen molar-refractivity contribution in [3.63, 3.8) is 0 Å². The Morgan fingerprint density at radius 1 is 1.29 bits per heavy atom. The minimum atomic E-state index is 0.495. The molecule has 4 heteroatoms. The molecule has 1 N–H and O–H groups in total. The number of aryl methyl sites for hydroxylation is 2. The Morgan fingerprint density at radius 2 is 2.10 bits per heavy atom. The van der Waals surface area contributed by atoms with Crippen LogP contribution in [0.1, 0.15) is 17.7 Å². The van der Waals surface area contributed by atoms with Crippen LogP contribution >= 0.6 is 0 Å². The average Bonchev–Trinajstić information content (AvgIpc) is 2.68. The maximum atomic E-state index is 4.48. The summed E-state index contributed by atoms with van der Waals surface area (Å²) in [5.41, 5.74) is 3.80. The Balaban J connectivity index is 1.73. The van der Waals surface area contributed by atoms with Gasteiger partial charge in [0.15, 0.2) is 0 Å². The van der Waals surface area contributed by atoms with Crippen molar-refractivity contribution in [3.05, 3.63) is 47.8 Å². The van der Waals surface area contributed by atoms with E-state index in [0.717, 1.165) is 31.7 Å². The van der Waals surface area contributed by atoms with E-state index in [-0.39, 0.29) is 0 Å². The lowest BCUT2D eigenvalue weighted by molar-refractivity contribution is 0.540. The zero-order valence-electron chi connectivity index (χ0n) is 12.9. The van der Waals surface area contributed by atoms with Gasteiger partial charge in [-0.1, -0.05) is 30.3 Å². The minimum Gasteiger partial charge on any atom is -0.367 e. The molecule has 0 aliphatic carbocycles. The normalized spacial score (nSPS) is 19.5. The molecule has 2 heterocycles. The van der Waals surface area contributed by atoms with Crippen LogP contribution in [0, 0.1) is 6.92 Å². The van der Waals surface area contributed by atoms with Gasteiger partial charge in [-0.15, -0.1) is 0 Å². The third-order valence-electron chi connectivity index (χ3n) is 4.13. The van der Waals surface area contributed by atoms with Crippen LogP contribution in [-0.4, -0.2) is 35.5 Å². The molecule has 0 radical (unpaired) electrons. The van der Waals surface area contributed by atoms with Gasteiger partial charge in [-0.3, -0.25) is 4.68 Å². The van der Waals surface area contributed by atoms with Crippen molar-refractivity contribution in [2.45, 2.75) is 25.8 Å². The van der Waals surface area contributed by atoms with E-state index in [1.165, 1.54) is 17.7 Å². The molecule has 1 saturated heterocycles. The van der Waals surface area contributed by atoms with E-state index in [0.29, 0.717) is 6.04 Å². The summed E-state index contributed by atoms with van der Waals surface area (Å²) in [5, 5.41) is 8.17. The van der Waals surface area contributed by atoms with E-state index in [9.17, 15) is 0 Å². The summed E-state index contributed by atoms with van der Waals surface area (Å²) in [5.74, 6) is 0. The Hall–Kier alpha value is -1.81. The van der Waals surface area contributed by atoms with Crippen molar-refractivity contribution in [1.29, 1.82) is 0 Å². The Morgan fingerprint density at radius 3 is 2.81 bits per heavy atom. The number of rotatable bonds is 3. The van der Waals surface area contributed by atoms with Gasteiger partial charge in [-0.05, 0) is 31.9 Å². The number of benzene rings is 1. The maximum absolute atomic E-state index is 4.48. The number of anilines is 1. The molecular weight excluding hydrogens is 260 g/mol. The van der Waals surface area contributed by atoms with E-state index in [1.54, 1.807) is 0 Å². The maximum Gasteiger partial charge on any atom is 0.0827 e. The monoisotopic (exact) mass is 284 g/mol. The molecular formula is C17H24N4. The summed E-state index contributed by atoms with van der Waals surface area (Å²) in [6, 6.07) is 11.2. The van der Waals surface area contributed by atoms with Gasteiger partial charge in [0.25, 0.3) is 0 Å². The lowest BCUT2D eigenvalue weighted by Crippen LogP contribution is -2.39. The molecule has 1 aromatic carbocycles. The summed E-state index contributed by atoms with van der Waals surface area (Å²) < 4.78 is 1.91. The van der Waals surface area contributed by atoms with Gasteiger partial charge in [0.1, 0.15) is 0 Å². The lowest BCUT2D eigenvalue weighted by atomic mass is 10.1. The van der Waals surface area contributed by atoms with E-state index in [2.05, 4.69) is 58.8 Å². The summed E-state index contributed by atoms with van der Waals surface area (Å²) >= 11 is 0. The highest BCUT2D eigenvalue weighted by Gasteiger charge is 2.20. The molecule has 0 saturated carbocycles. The van der Waals surface area contributed by atoms with Crippen LogP contribution in [0.5, 0.6) is 0 Å². The second-order valence-corrected chi connectivity index (χ2v) is 5.91. The largest absolute Gasteiger partial charge is 0.367 e. The summed E-state index contributed by atoms with van der Waals surface area (Å²) in [7, 11) is 1.99. The number of aromatic nitrogens is 2.